The SMILES string of the molecule is Cc1ccc(N)cc1C(=O)Nc1ccc(C)c(N2CCCS2(=O)=O)c1.Cl. The van der Waals surface area contributed by atoms with E-state index in [1.54, 1.807) is 30.3 Å². The summed E-state index contributed by atoms with van der Waals surface area (Å²) >= 11 is 0. The number of carbonyl (C=O) groups excluding carboxylic acids is 1. The minimum atomic E-state index is -3.27. The van der Waals surface area contributed by atoms with Crippen molar-refractivity contribution >= 4 is 45.4 Å². The van der Waals surface area contributed by atoms with E-state index in [9.17, 15) is 13.2 Å². The zero-order chi connectivity index (χ0) is 18.2. The van der Waals surface area contributed by atoms with Crippen molar-refractivity contribution in [1.82, 2.24) is 0 Å². The third kappa shape index (κ3) is 3.94. The number of carbonyl (C=O) groups is 1. The lowest BCUT2D eigenvalue weighted by atomic mass is 10.1. The van der Waals surface area contributed by atoms with Crippen LogP contribution in [0.15, 0.2) is 36.4 Å². The van der Waals surface area contributed by atoms with Crippen molar-refractivity contribution in [3.8, 4) is 0 Å². The Kier molecular flexibility index (Phi) is 5.83. The Balaban J connectivity index is 0.00000243. The topological polar surface area (TPSA) is 92.5 Å². The third-order valence-corrected chi connectivity index (χ3v) is 6.20. The Bertz CT molecular complexity index is 945. The highest BCUT2D eigenvalue weighted by Gasteiger charge is 2.29. The molecule has 3 N–H and O–H groups in total. The molecule has 6 nitrogen and oxygen atoms in total. The molecule has 1 aliphatic rings. The molecule has 140 valence electrons. The fraction of sp³-hybridized carbons (Fsp3) is 0.278. The monoisotopic (exact) mass is 395 g/mol. The largest absolute Gasteiger partial charge is 0.399 e. The molecule has 26 heavy (non-hydrogen) atoms. The quantitative estimate of drug-likeness (QED) is 0.781. The average molecular weight is 396 g/mol. The number of nitrogen functional groups attached to an aromatic ring is 1. The second kappa shape index (κ2) is 7.55. The van der Waals surface area contributed by atoms with Crippen LogP contribution in [0, 0.1) is 13.8 Å². The predicted molar refractivity (Wildman–Crippen MR) is 108 cm³/mol. The number of anilines is 3. The normalized spacial score (nSPS) is 15.4. The van der Waals surface area contributed by atoms with E-state index in [-0.39, 0.29) is 24.1 Å². The molecular formula is C18H22ClN3O3S. The maximum Gasteiger partial charge on any atom is 0.256 e. The Morgan fingerprint density at radius 3 is 2.46 bits per heavy atom. The summed E-state index contributed by atoms with van der Waals surface area (Å²) in [6.45, 7) is 4.16. The lowest BCUT2D eigenvalue weighted by molar-refractivity contribution is 0.102. The standard InChI is InChI=1S/C18H21N3O3S.ClH/c1-12-4-6-14(19)10-16(12)18(22)20-15-7-5-13(2)17(11-15)21-8-3-9-25(21,23)24;/h4-7,10-11H,3,8-9,19H2,1-2H3,(H,20,22);1H. The molecule has 1 saturated heterocycles. The van der Waals surface area contributed by atoms with E-state index in [2.05, 4.69) is 5.32 Å². The number of amides is 1. The minimum Gasteiger partial charge on any atom is -0.399 e. The van der Waals surface area contributed by atoms with Gasteiger partial charge in [0.2, 0.25) is 10.0 Å². The van der Waals surface area contributed by atoms with Crippen molar-refractivity contribution in [2.24, 2.45) is 0 Å². The lowest BCUT2D eigenvalue weighted by Crippen LogP contribution is -2.26. The van der Waals surface area contributed by atoms with Gasteiger partial charge in [-0.2, -0.15) is 0 Å². The first kappa shape index (κ1) is 20.1. The van der Waals surface area contributed by atoms with Gasteiger partial charge >= 0.3 is 0 Å². The van der Waals surface area contributed by atoms with Crippen LogP contribution in [-0.4, -0.2) is 26.6 Å². The Morgan fingerprint density at radius 2 is 1.81 bits per heavy atom. The average Bonchev–Trinajstić information content (AvgIpc) is 2.90. The van der Waals surface area contributed by atoms with Gasteiger partial charge in [-0.1, -0.05) is 12.1 Å². The van der Waals surface area contributed by atoms with Gasteiger partial charge in [0.25, 0.3) is 5.91 Å². The molecule has 0 bridgehead atoms. The van der Waals surface area contributed by atoms with Crippen LogP contribution in [0.1, 0.15) is 27.9 Å². The summed E-state index contributed by atoms with van der Waals surface area (Å²) in [7, 11) is -3.27. The van der Waals surface area contributed by atoms with Crippen LogP contribution in [0.5, 0.6) is 0 Å². The molecule has 0 aliphatic carbocycles. The summed E-state index contributed by atoms with van der Waals surface area (Å²) in [5.74, 6) is -0.116. The summed E-state index contributed by atoms with van der Waals surface area (Å²) in [6.07, 6.45) is 0.612. The zero-order valence-corrected chi connectivity index (χ0v) is 16.3. The van der Waals surface area contributed by atoms with Gasteiger partial charge in [0.1, 0.15) is 0 Å². The van der Waals surface area contributed by atoms with E-state index in [0.717, 1.165) is 11.1 Å². The molecule has 0 radical (unpaired) electrons. The third-order valence-electron chi connectivity index (χ3n) is 4.34. The van der Waals surface area contributed by atoms with Crippen LogP contribution >= 0.6 is 12.4 Å². The molecule has 0 atom stereocenters. The number of aryl methyl sites for hydroxylation is 2. The lowest BCUT2D eigenvalue weighted by Gasteiger charge is -2.20. The van der Waals surface area contributed by atoms with Gasteiger partial charge in [-0.3, -0.25) is 9.10 Å². The van der Waals surface area contributed by atoms with Crippen molar-refractivity contribution in [3.05, 3.63) is 53.1 Å². The van der Waals surface area contributed by atoms with E-state index in [0.29, 0.717) is 35.6 Å². The van der Waals surface area contributed by atoms with Crippen LogP contribution in [0.25, 0.3) is 0 Å². The van der Waals surface area contributed by atoms with Crippen molar-refractivity contribution in [2.75, 3.05) is 27.7 Å². The number of nitrogens with one attached hydrogen (secondary N) is 1. The zero-order valence-electron chi connectivity index (χ0n) is 14.7. The number of hydrogen-bond acceptors (Lipinski definition) is 4. The second-order valence-electron chi connectivity index (χ2n) is 6.27. The summed E-state index contributed by atoms with van der Waals surface area (Å²) in [6, 6.07) is 10.4. The molecule has 2 aromatic carbocycles. The van der Waals surface area contributed by atoms with E-state index in [4.69, 9.17) is 5.73 Å². The summed E-state index contributed by atoms with van der Waals surface area (Å²) in [4.78, 5) is 12.5. The first-order valence-electron chi connectivity index (χ1n) is 8.06. The molecule has 2 aromatic rings. The number of halogens is 1. The van der Waals surface area contributed by atoms with Crippen molar-refractivity contribution in [3.63, 3.8) is 0 Å². The molecule has 1 fully saturated rings. The molecule has 1 aliphatic heterocycles. The molecule has 1 heterocycles. The summed E-state index contributed by atoms with van der Waals surface area (Å²) in [5.41, 5.74) is 9.61. The Hall–Kier alpha value is -2.25. The first-order chi connectivity index (χ1) is 11.8. The van der Waals surface area contributed by atoms with E-state index >= 15 is 0 Å². The highest BCUT2D eigenvalue weighted by Crippen LogP contribution is 2.30. The fourth-order valence-electron chi connectivity index (χ4n) is 2.95. The molecule has 3 rings (SSSR count). The number of hydrogen-bond donors (Lipinski definition) is 2. The number of nitrogens with zero attached hydrogens (tertiary/aromatic N) is 1. The van der Waals surface area contributed by atoms with Crippen LogP contribution in [0.3, 0.4) is 0 Å². The van der Waals surface area contributed by atoms with Crippen molar-refractivity contribution < 1.29 is 13.2 Å². The molecule has 0 unspecified atom stereocenters. The van der Waals surface area contributed by atoms with Crippen LogP contribution in [0.4, 0.5) is 17.1 Å². The highest BCUT2D eigenvalue weighted by atomic mass is 35.5. The van der Waals surface area contributed by atoms with E-state index < -0.39 is 10.0 Å². The summed E-state index contributed by atoms with van der Waals surface area (Å²) < 4.78 is 25.8. The molecule has 0 spiro atoms. The Morgan fingerprint density at radius 1 is 1.12 bits per heavy atom. The van der Waals surface area contributed by atoms with Gasteiger partial charge in [-0.15, -0.1) is 12.4 Å². The smallest absolute Gasteiger partial charge is 0.256 e. The minimum absolute atomic E-state index is 0. The van der Waals surface area contributed by atoms with Gasteiger partial charge in [-0.05, 0) is 55.7 Å². The number of nitrogens with two attached hydrogens (primary N) is 1. The molecular weight excluding hydrogens is 374 g/mol. The number of benzene rings is 2. The Labute approximate surface area is 159 Å². The van der Waals surface area contributed by atoms with Crippen molar-refractivity contribution in [1.29, 1.82) is 0 Å². The second-order valence-corrected chi connectivity index (χ2v) is 8.28. The predicted octanol–water partition coefficient (Wildman–Crippen LogP) is 3.10. The molecule has 0 aromatic heterocycles. The van der Waals surface area contributed by atoms with Crippen LogP contribution in [0.2, 0.25) is 0 Å². The van der Waals surface area contributed by atoms with E-state index in [1.807, 2.05) is 19.9 Å². The van der Waals surface area contributed by atoms with Crippen LogP contribution < -0.4 is 15.4 Å². The van der Waals surface area contributed by atoms with Gasteiger partial charge in [-0.25, -0.2) is 8.42 Å². The summed E-state index contributed by atoms with van der Waals surface area (Å²) in [5, 5.41) is 2.83. The maximum absolute atomic E-state index is 12.5. The molecule has 0 saturated carbocycles. The van der Waals surface area contributed by atoms with E-state index in [1.165, 1.54) is 4.31 Å². The number of rotatable bonds is 3. The van der Waals surface area contributed by atoms with Gasteiger partial charge < -0.3 is 11.1 Å². The number of sulfonamides is 1. The first-order valence-corrected chi connectivity index (χ1v) is 9.67. The highest BCUT2D eigenvalue weighted by molar-refractivity contribution is 7.93. The van der Waals surface area contributed by atoms with Crippen LogP contribution in [-0.2, 0) is 10.0 Å². The van der Waals surface area contributed by atoms with Gasteiger partial charge in [0.05, 0.1) is 11.4 Å². The van der Waals surface area contributed by atoms with Crippen molar-refractivity contribution in [2.45, 2.75) is 20.3 Å². The molecule has 1 amide bonds. The van der Waals surface area contributed by atoms with Gasteiger partial charge in [0, 0.05) is 23.5 Å². The fourth-order valence-corrected chi connectivity index (χ4v) is 4.57. The van der Waals surface area contributed by atoms with Gasteiger partial charge in [0.15, 0.2) is 0 Å². The molecule has 8 heteroatoms. The maximum atomic E-state index is 12.5.